The number of benzene rings is 1. The molecule has 0 bridgehead atoms. The summed E-state index contributed by atoms with van der Waals surface area (Å²) in [4.78, 5) is 16.7. The van der Waals surface area contributed by atoms with Gasteiger partial charge < -0.3 is 18.9 Å². The molecular weight excluding hydrogens is 310 g/mol. The number of hydrogen-bond donors (Lipinski definition) is 0. The summed E-state index contributed by atoms with van der Waals surface area (Å²) in [5.74, 6) is -0.461. The number of rotatable bonds is 5. The minimum absolute atomic E-state index is 0.0502. The molecule has 2 atom stereocenters. The van der Waals surface area contributed by atoms with Gasteiger partial charge in [-0.1, -0.05) is 30.3 Å². The van der Waals surface area contributed by atoms with E-state index < -0.39 is 23.6 Å². The average Bonchev–Trinajstić information content (AvgIpc) is 2.45. The van der Waals surface area contributed by atoms with Crippen molar-refractivity contribution < 1.29 is 23.7 Å². The fraction of sp³-hybridized carbons (Fsp3) is 0.556. The van der Waals surface area contributed by atoms with Crippen LogP contribution in [0.2, 0.25) is 0 Å². The van der Waals surface area contributed by atoms with E-state index in [1.54, 1.807) is 6.92 Å². The molecule has 0 saturated carbocycles. The number of hydrogen-bond acceptors (Lipinski definition) is 6. The van der Waals surface area contributed by atoms with Crippen LogP contribution in [0, 0.1) is 0 Å². The highest BCUT2D eigenvalue weighted by atomic mass is 16.7. The molecule has 0 aromatic heterocycles. The van der Waals surface area contributed by atoms with Gasteiger partial charge in [-0.25, -0.2) is 0 Å². The summed E-state index contributed by atoms with van der Waals surface area (Å²) in [6.45, 7) is 9.70. The minimum atomic E-state index is -1.23. The Morgan fingerprint density at radius 3 is 2.54 bits per heavy atom. The van der Waals surface area contributed by atoms with Gasteiger partial charge in [-0.2, -0.15) is 4.99 Å². The molecule has 1 aromatic rings. The van der Waals surface area contributed by atoms with Gasteiger partial charge >= 0.3 is 12.1 Å². The molecule has 1 heterocycles. The number of carbonyl (C=O) groups is 1. The molecule has 0 N–H and O–H groups in total. The first-order chi connectivity index (χ1) is 11.2. The molecule has 132 valence electrons. The van der Waals surface area contributed by atoms with Gasteiger partial charge in [0.2, 0.25) is 5.72 Å². The molecule has 6 heteroatoms. The van der Waals surface area contributed by atoms with Gasteiger partial charge in [-0.3, -0.25) is 4.79 Å². The number of aliphatic imine (C=N–C) groups is 1. The third-order valence-electron chi connectivity index (χ3n) is 3.24. The van der Waals surface area contributed by atoms with Crippen molar-refractivity contribution >= 4 is 12.1 Å². The molecular formula is C18H25NO5. The molecule has 2 rings (SSSR count). The predicted octanol–water partition coefficient (Wildman–Crippen LogP) is 3.36. The van der Waals surface area contributed by atoms with E-state index in [1.807, 2.05) is 58.0 Å². The topological polar surface area (TPSA) is 66.4 Å². The highest BCUT2D eigenvalue weighted by Crippen LogP contribution is 2.36. The fourth-order valence-electron chi connectivity index (χ4n) is 2.39. The maximum absolute atomic E-state index is 12.2. The van der Waals surface area contributed by atoms with E-state index in [-0.39, 0.29) is 12.5 Å². The highest BCUT2D eigenvalue weighted by Gasteiger charge is 2.44. The third kappa shape index (κ3) is 4.79. The van der Waals surface area contributed by atoms with E-state index in [1.165, 1.54) is 0 Å². The zero-order valence-electron chi connectivity index (χ0n) is 14.9. The Bertz CT molecular complexity index is 593. The molecule has 1 aromatic carbocycles. The summed E-state index contributed by atoms with van der Waals surface area (Å²) in [6, 6.07) is 9.34. The lowest BCUT2D eigenvalue weighted by Crippen LogP contribution is -2.42. The fourth-order valence-corrected chi connectivity index (χ4v) is 2.39. The lowest BCUT2D eigenvalue weighted by Gasteiger charge is -2.35. The Morgan fingerprint density at radius 2 is 1.96 bits per heavy atom. The molecule has 24 heavy (non-hydrogen) atoms. The van der Waals surface area contributed by atoms with Crippen molar-refractivity contribution in [3.63, 3.8) is 0 Å². The number of nitrogens with zero attached hydrogens (tertiary/aromatic N) is 1. The summed E-state index contributed by atoms with van der Waals surface area (Å²) in [5.41, 5.74) is -1.04. The quantitative estimate of drug-likeness (QED) is 0.610. The van der Waals surface area contributed by atoms with E-state index in [4.69, 9.17) is 18.9 Å². The van der Waals surface area contributed by atoms with Crippen molar-refractivity contribution in [1.82, 2.24) is 0 Å². The Balaban J connectivity index is 2.43. The number of esters is 1. The van der Waals surface area contributed by atoms with E-state index in [2.05, 4.69) is 4.99 Å². The lowest BCUT2D eigenvalue weighted by atomic mass is 9.99. The molecule has 0 spiro atoms. The molecule has 1 aliphatic heterocycles. The van der Waals surface area contributed by atoms with Crippen LogP contribution in [0.25, 0.3) is 0 Å². The third-order valence-corrected chi connectivity index (χ3v) is 3.24. The first-order valence-electron chi connectivity index (χ1n) is 8.08. The van der Waals surface area contributed by atoms with Crippen LogP contribution in [0.4, 0.5) is 0 Å². The van der Waals surface area contributed by atoms with Gasteiger partial charge in [-0.15, -0.1) is 0 Å². The molecule has 0 saturated heterocycles. The van der Waals surface area contributed by atoms with Crippen molar-refractivity contribution in [3.05, 3.63) is 35.9 Å². The van der Waals surface area contributed by atoms with Crippen molar-refractivity contribution in [1.29, 1.82) is 0 Å². The SMILES string of the molecule is CCOC(C)OC1(c2ccccc2)CC(=O)OC(OC(C)(C)C)=N1. The van der Waals surface area contributed by atoms with Gasteiger partial charge in [0.25, 0.3) is 0 Å². The van der Waals surface area contributed by atoms with E-state index in [0.717, 1.165) is 5.56 Å². The molecule has 2 unspecified atom stereocenters. The van der Waals surface area contributed by atoms with Crippen molar-refractivity contribution in [2.75, 3.05) is 6.61 Å². The Kier molecular flexibility index (Phi) is 5.62. The Labute approximate surface area is 142 Å². The maximum Gasteiger partial charge on any atom is 0.395 e. The predicted molar refractivity (Wildman–Crippen MR) is 89.3 cm³/mol. The summed E-state index contributed by atoms with van der Waals surface area (Å²) < 4.78 is 22.3. The van der Waals surface area contributed by atoms with Gasteiger partial charge in [0, 0.05) is 12.2 Å². The van der Waals surface area contributed by atoms with E-state index in [9.17, 15) is 4.79 Å². The lowest BCUT2D eigenvalue weighted by molar-refractivity contribution is -0.213. The van der Waals surface area contributed by atoms with Gasteiger partial charge in [0.05, 0.1) is 0 Å². The van der Waals surface area contributed by atoms with Crippen LogP contribution >= 0.6 is 0 Å². The summed E-state index contributed by atoms with van der Waals surface area (Å²) in [7, 11) is 0. The summed E-state index contributed by atoms with van der Waals surface area (Å²) in [5, 5.41) is 0. The first kappa shape index (κ1) is 18.4. The van der Waals surface area contributed by atoms with Crippen molar-refractivity contribution in [3.8, 4) is 0 Å². The Hall–Kier alpha value is -1.92. The second kappa shape index (κ2) is 7.32. The monoisotopic (exact) mass is 335 g/mol. The smallest absolute Gasteiger partial charge is 0.395 e. The second-order valence-electron chi connectivity index (χ2n) is 6.53. The normalized spacial score (nSPS) is 22.5. The van der Waals surface area contributed by atoms with Crippen LogP contribution in [-0.2, 0) is 29.5 Å². The molecule has 0 amide bonds. The highest BCUT2D eigenvalue weighted by molar-refractivity contribution is 5.88. The van der Waals surface area contributed by atoms with Gasteiger partial charge in [0.1, 0.15) is 12.0 Å². The summed E-state index contributed by atoms with van der Waals surface area (Å²) in [6.07, 6.45) is -0.683. The van der Waals surface area contributed by atoms with Crippen LogP contribution in [0.1, 0.15) is 46.6 Å². The van der Waals surface area contributed by atoms with Gasteiger partial charge in [-0.05, 0) is 34.6 Å². The molecule has 0 fully saturated rings. The minimum Gasteiger partial charge on any atom is -0.445 e. The maximum atomic E-state index is 12.2. The van der Waals surface area contributed by atoms with Crippen LogP contribution in [0.5, 0.6) is 0 Å². The zero-order valence-corrected chi connectivity index (χ0v) is 14.9. The molecule has 1 aliphatic rings. The van der Waals surface area contributed by atoms with Crippen LogP contribution < -0.4 is 0 Å². The Morgan fingerprint density at radius 1 is 1.29 bits per heavy atom. The number of carbonyl (C=O) groups excluding carboxylic acids is 1. The van der Waals surface area contributed by atoms with Crippen LogP contribution in [0.3, 0.4) is 0 Å². The van der Waals surface area contributed by atoms with Crippen LogP contribution in [-0.4, -0.2) is 30.6 Å². The summed E-state index contributed by atoms with van der Waals surface area (Å²) >= 11 is 0. The number of cyclic esters (lactones) is 1. The van der Waals surface area contributed by atoms with Gasteiger partial charge in [0.15, 0.2) is 6.29 Å². The van der Waals surface area contributed by atoms with Crippen molar-refractivity contribution in [2.24, 2.45) is 4.99 Å². The average molecular weight is 335 g/mol. The van der Waals surface area contributed by atoms with Crippen LogP contribution in [0.15, 0.2) is 35.3 Å². The zero-order chi connectivity index (χ0) is 17.8. The van der Waals surface area contributed by atoms with Crippen molar-refractivity contribution in [2.45, 2.75) is 58.7 Å². The largest absolute Gasteiger partial charge is 0.445 e. The number of ether oxygens (including phenoxy) is 4. The first-order valence-corrected chi connectivity index (χ1v) is 8.08. The molecule has 0 aliphatic carbocycles. The molecule has 6 nitrogen and oxygen atoms in total. The van der Waals surface area contributed by atoms with E-state index in [0.29, 0.717) is 6.61 Å². The molecule has 0 radical (unpaired) electrons. The second-order valence-corrected chi connectivity index (χ2v) is 6.53. The standard InChI is InChI=1S/C18H25NO5/c1-6-21-13(2)23-18(14-10-8-7-9-11-14)12-15(20)22-16(19-18)24-17(3,4)5/h7-11,13H,6,12H2,1-5H3. The van der Waals surface area contributed by atoms with E-state index >= 15 is 0 Å².